The molecule has 29 heavy (non-hydrogen) atoms. The number of Topliss-reactive ketones (excluding diaryl/α,β-unsaturated/α-hetero) is 1. The highest BCUT2D eigenvalue weighted by Crippen LogP contribution is 2.40. The molecule has 1 amide bonds. The molecule has 0 unspecified atom stereocenters. The van der Waals surface area contributed by atoms with E-state index in [9.17, 15) is 9.59 Å². The first kappa shape index (κ1) is 20.0. The fraction of sp³-hybridized carbons (Fsp3) is 0.417. The molecule has 0 atom stereocenters. The van der Waals surface area contributed by atoms with Gasteiger partial charge in [0, 0.05) is 36.5 Å². The molecule has 0 aromatic heterocycles. The van der Waals surface area contributed by atoms with E-state index in [4.69, 9.17) is 16.3 Å². The highest BCUT2D eigenvalue weighted by Gasteiger charge is 2.43. The maximum atomic E-state index is 12.9. The number of likely N-dealkylation sites (tertiary alicyclic amines) is 1. The van der Waals surface area contributed by atoms with Crippen LogP contribution in [0.25, 0.3) is 0 Å². The predicted octanol–water partition coefficient (Wildman–Crippen LogP) is 5.28. The molecule has 2 aliphatic heterocycles. The van der Waals surface area contributed by atoms with E-state index in [-0.39, 0.29) is 17.1 Å². The van der Waals surface area contributed by atoms with E-state index >= 15 is 0 Å². The molecule has 2 heterocycles. The summed E-state index contributed by atoms with van der Waals surface area (Å²) in [7, 11) is 0. The second-order valence-electron chi connectivity index (χ2n) is 9.15. The lowest BCUT2D eigenvalue weighted by Gasteiger charge is -2.44. The normalized spacial score (nSPS) is 18.3. The van der Waals surface area contributed by atoms with Crippen molar-refractivity contribution in [1.29, 1.82) is 0 Å². The Morgan fingerprint density at radius 2 is 1.72 bits per heavy atom. The largest absolute Gasteiger partial charge is 0.486 e. The minimum Gasteiger partial charge on any atom is -0.486 e. The minimum atomic E-state index is -0.523. The van der Waals surface area contributed by atoms with Gasteiger partial charge in [0.15, 0.2) is 5.78 Å². The number of fused-ring (bicyclic) bond motifs is 1. The van der Waals surface area contributed by atoms with E-state index in [1.807, 2.05) is 29.2 Å². The summed E-state index contributed by atoms with van der Waals surface area (Å²) in [6.45, 7) is 7.63. The first-order valence-electron chi connectivity index (χ1n) is 10.1. The van der Waals surface area contributed by atoms with Gasteiger partial charge in [-0.1, -0.05) is 44.5 Å². The van der Waals surface area contributed by atoms with Crippen LogP contribution in [0.5, 0.6) is 5.75 Å². The number of nitrogens with zero attached hydrogens (tertiary/aromatic N) is 1. The van der Waals surface area contributed by atoms with Crippen LogP contribution in [0, 0.1) is 0 Å². The minimum absolute atomic E-state index is 0.0367. The summed E-state index contributed by atoms with van der Waals surface area (Å²) in [4.78, 5) is 27.4. The lowest BCUT2D eigenvalue weighted by Crippen LogP contribution is -2.52. The van der Waals surface area contributed by atoms with Gasteiger partial charge in [-0.05, 0) is 41.3 Å². The van der Waals surface area contributed by atoms with Gasteiger partial charge in [-0.3, -0.25) is 9.59 Å². The summed E-state index contributed by atoms with van der Waals surface area (Å²) in [5.74, 6) is 0.698. The maximum Gasteiger partial charge on any atom is 0.253 e. The number of carbonyl (C=O) groups excluding carboxylic acids is 2. The number of ether oxygens (including phenoxy) is 1. The van der Waals surface area contributed by atoms with Crippen molar-refractivity contribution >= 4 is 23.3 Å². The summed E-state index contributed by atoms with van der Waals surface area (Å²) in [5.41, 5.74) is 2.00. The van der Waals surface area contributed by atoms with E-state index in [2.05, 4.69) is 20.8 Å². The summed E-state index contributed by atoms with van der Waals surface area (Å²) in [6.07, 6.45) is 1.63. The van der Waals surface area contributed by atoms with Crippen molar-refractivity contribution in [3.8, 4) is 5.75 Å². The van der Waals surface area contributed by atoms with Gasteiger partial charge in [0.2, 0.25) is 0 Å². The number of benzene rings is 2. The van der Waals surface area contributed by atoms with E-state index in [0.29, 0.717) is 54.3 Å². The van der Waals surface area contributed by atoms with Crippen LogP contribution in [0.4, 0.5) is 0 Å². The van der Waals surface area contributed by atoms with Crippen LogP contribution in [-0.2, 0) is 5.41 Å². The molecular weight excluding hydrogens is 386 g/mol. The van der Waals surface area contributed by atoms with Gasteiger partial charge in [-0.25, -0.2) is 0 Å². The number of piperidine rings is 1. The van der Waals surface area contributed by atoms with Crippen molar-refractivity contribution in [3.05, 3.63) is 64.2 Å². The topological polar surface area (TPSA) is 46.6 Å². The number of hydrogen-bond donors (Lipinski definition) is 0. The maximum absolute atomic E-state index is 12.9. The SMILES string of the molecule is CC(C)(C)c1ccc(C(=O)N2CCC3(CC2)CC(=O)c2cc(Cl)ccc2O3)cc1. The monoisotopic (exact) mass is 411 g/mol. The lowest BCUT2D eigenvalue weighted by molar-refractivity contribution is -0.00570. The first-order chi connectivity index (χ1) is 13.7. The van der Waals surface area contributed by atoms with Crippen molar-refractivity contribution in [1.82, 2.24) is 4.90 Å². The smallest absolute Gasteiger partial charge is 0.253 e. The number of rotatable bonds is 1. The molecular formula is C24H26ClNO3. The van der Waals surface area contributed by atoms with E-state index in [1.54, 1.807) is 18.2 Å². The Balaban J connectivity index is 1.45. The zero-order valence-corrected chi connectivity index (χ0v) is 17.9. The molecule has 0 radical (unpaired) electrons. The van der Waals surface area contributed by atoms with E-state index in [0.717, 1.165) is 0 Å². The van der Waals surface area contributed by atoms with Gasteiger partial charge >= 0.3 is 0 Å². The van der Waals surface area contributed by atoms with E-state index in [1.165, 1.54) is 5.56 Å². The number of carbonyl (C=O) groups is 2. The molecule has 0 N–H and O–H groups in total. The molecule has 0 aliphatic carbocycles. The zero-order chi connectivity index (χ0) is 20.8. The summed E-state index contributed by atoms with van der Waals surface area (Å²) < 4.78 is 6.26. The quantitative estimate of drug-likeness (QED) is 0.641. The third kappa shape index (κ3) is 3.91. The first-order valence-corrected chi connectivity index (χ1v) is 10.5. The summed E-state index contributed by atoms with van der Waals surface area (Å²) in [5, 5.41) is 0.537. The summed E-state index contributed by atoms with van der Waals surface area (Å²) in [6, 6.07) is 13.1. The van der Waals surface area contributed by atoms with Gasteiger partial charge in [-0.2, -0.15) is 0 Å². The molecule has 152 valence electrons. The van der Waals surface area contributed by atoms with Crippen LogP contribution >= 0.6 is 11.6 Å². The van der Waals surface area contributed by atoms with Gasteiger partial charge in [-0.15, -0.1) is 0 Å². The second-order valence-corrected chi connectivity index (χ2v) is 9.58. The Morgan fingerprint density at radius 3 is 2.34 bits per heavy atom. The van der Waals surface area contributed by atoms with Crippen LogP contribution in [0.2, 0.25) is 5.02 Å². The average molecular weight is 412 g/mol. The molecule has 1 saturated heterocycles. The second kappa shape index (κ2) is 7.17. The Morgan fingerprint density at radius 1 is 1.07 bits per heavy atom. The fourth-order valence-electron chi connectivity index (χ4n) is 4.16. The molecule has 1 spiro atoms. The number of hydrogen-bond acceptors (Lipinski definition) is 3. The van der Waals surface area contributed by atoms with Crippen molar-refractivity contribution < 1.29 is 14.3 Å². The molecule has 0 saturated carbocycles. The van der Waals surface area contributed by atoms with Gasteiger partial charge < -0.3 is 9.64 Å². The van der Waals surface area contributed by atoms with Crippen LogP contribution in [0.3, 0.4) is 0 Å². The van der Waals surface area contributed by atoms with E-state index < -0.39 is 5.60 Å². The fourth-order valence-corrected chi connectivity index (χ4v) is 4.33. The van der Waals surface area contributed by atoms with Crippen LogP contribution < -0.4 is 4.74 Å². The van der Waals surface area contributed by atoms with Crippen molar-refractivity contribution in [2.45, 2.75) is 51.0 Å². The number of halogens is 1. The Bertz CT molecular complexity index is 951. The molecule has 4 rings (SSSR count). The highest BCUT2D eigenvalue weighted by molar-refractivity contribution is 6.31. The average Bonchev–Trinajstić information content (AvgIpc) is 2.68. The molecule has 2 aromatic carbocycles. The Kier molecular flexibility index (Phi) is 4.94. The predicted molar refractivity (Wildman–Crippen MR) is 114 cm³/mol. The lowest BCUT2D eigenvalue weighted by atomic mass is 9.82. The molecule has 2 aliphatic rings. The molecule has 2 aromatic rings. The Hall–Kier alpha value is -2.33. The van der Waals surface area contributed by atoms with Crippen LogP contribution in [0.15, 0.2) is 42.5 Å². The summed E-state index contributed by atoms with van der Waals surface area (Å²) >= 11 is 6.01. The van der Waals surface area contributed by atoms with Crippen molar-refractivity contribution in [2.75, 3.05) is 13.1 Å². The number of ketones is 1. The van der Waals surface area contributed by atoms with Gasteiger partial charge in [0.1, 0.15) is 11.4 Å². The van der Waals surface area contributed by atoms with Crippen LogP contribution in [0.1, 0.15) is 66.3 Å². The molecule has 4 nitrogen and oxygen atoms in total. The number of amides is 1. The molecule has 0 bridgehead atoms. The Labute approximate surface area is 176 Å². The molecule has 1 fully saturated rings. The highest BCUT2D eigenvalue weighted by atomic mass is 35.5. The molecule has 5 heteroatoms. The van der Waals surface area contributed by atoms with Crippen LogP contribution in [-0.4, -0.2) is 35.3 Å². The standard InChI is InChI=1S/C24H26ClNO3/c1-23(2,3)17-6-4-16(5-7-17)22(28)26-12-10-24(11-13-26)15-20(27)19-14-18(25)8-9-21(19)29-24/h4-9,14H,10-13,15H2,1-3H3. The van der Waals surface area contributed by atoms with Gasteiger partial charge in [0.25, 0.3) is 5.91 Å². The van der Waals surface area contributed by atoms with Crippen molar-refractivity contribution in [3.63, 3.8) is 0 Å². The third-order valence-corrected chi connectivity index (χ3v) is 6.25. The zero-order valence-electron chi connectivity index (χ0n) is 17.1. The van der Waals surface area contributed by atoms with Gasteiger partial charge in [0.05, 0.1) is 12.0 Å². The van der Waals surface area contributed by atoms with Crippen molar-refractivity contribution in [2.24, 2.45) is 0 Å². The third-order valence-electron chi connectivity index (χ3n) is 6.01.